The van der Waals surface area contributed by atoms with Crippen LogP contribution < -0.4 is 5.32 Å². The van der Waals surface area contributed by atoms with Crippen LogP contribution in [0.4, 0.5) is 5.82 Å². The van der Waals surface area contributed by atoms with Crippen molar-refractivity contribution in [3.63, 3.8) is 0 Å². The maximum Gasteiger partial charge on any atom is 0.171 e. The average molecular weight is 286 g/mol. The standard InChI is InChI=1S/C13H20ClN3S/c1-4-18-11-6-5-10(7-11)17-13-12(14)15-8(2)9(3)16-13/h10-11H,4-7H2,1-3H3,(H,16,17). The molecule has 18 heavy (non-hydrogen) atoms. The summed E-state index contributed by atoms with van der Waals surface area (Å²) < 4.78 is 0. The van der Waals surface area contributed by atoms with Crippen LogP contribution in [0.1, 0.15) is 37.6 Å². The number of nitrogens with one attached hydrogen (secondary N) is 1. The van der Waals surface area contributed by atoms with Crippen molar-refractivity contribution in [2.45, 2.75) is 51.3 Å². The fourth-order valence-electron chi connectivity index (χ4n) is 2.32. The molecule has 5 heteroatoms. The summed E-state index contributed by atoms with van der Waals surface area (Å²) >= 11 is 8.19. The first-order chi connectivity index (χ1) is 8.60. The lowest BCUT2D eigenvalue weighted by molar-refractivity contribution is 0.749. The number of anilines is 1. The van der Waals surface area contributed by atoms with E-state index in [0.29, 0.717) is 11.2 Å². The van der Waals surface area contributed by atoms with Gasteiger partial charge in [0.25, 0.3) is 0 Å². The highest BCUT2D eigenvalue weighted by atomic mass is 35.5. The second-order valence-corrected chi connectivity index (χ2v) is 6.70. The lowest BCUT2D eigenvalue weighted by atomic mass is 10.2. The van der Waals surface area contributed by atoms with Crippen molar-refractivity contribution in [2.75, 3.05) is 11.1 Å². The van der Waals surface area contributed by atoms with Crippen LogP contribution in [-0.2, 0) is 0 Å². The van der Waals surface area contributed by atoms with E-state index in [4.69, 9.17) is 11.6 Å². The molecule has 0 saturated heterocycles. The third-order valence-electron chi connectivity index (χ3n) is 3.39. The molecule has 1 aliphatic carbocycles. The number of thioether (sulfide) groups is 1. The molecule has 1 aliphatic rings. The van der Waals surface area contributed by atoms with Crippen molar-refractivity contribution in [1.82, 2.24) is 9.97 Å². The van der Waals surface area contributed by atoms with Crippen LogP contribution in [0.15, 0.2) is 0 Å². The van der Waals surface area contributed by atoms with Crippen LogP contribution >= 0.6 is 23.4 Å². The molecule has 1 saturated carbocycles. The Bertz CT molecular complexity index is 425. The summed E-state index contributed by atoms with van der Waals surface area (Å²) in [5.74, 6) is 1.94. The van der Waals surface area contributed by atoms with Crippen LogP contribution in [0.2, 0.25) is 5.15 Å². The van der Waals surface area contributed by atoms with Crippen LogP contribution in [-0.4, -0.2) is 27.0 Å². The molecule has 2 atom stereocenters. The summed E-state index contributed by atoms with van der Waals surface area (Å²) in [4.78, 5) is 8.80. The van der Waals surface area contributed by atoms with E-state index in [-0.39, 0.29) is 0 Å². The Morgan fingerprint density at radius 3 is 2.72 bits per heavy atom. The monoisotopic (exact) mass is 285 g/mol. The summed E-state index contributed by atoms with van der Waals surface area (Å²) in [6, 6.07) is 0.489. The van der Waals surface area contributed by atoms with Crippen molar-refractivity contribution in [3.8, 4) is 0 Å². The van der Waals surface area contributed by atoms with Crippen molar-refractivity contribution in [3.05, 3.63) is 16.5 Å². The zero-order valence-corrected chi connectivity index (χ0v) is 12.7. The molecule has 0 spiro atoms. The molecule has 2 unspecified atom stereocenters. The van der Waals surface area contributed by atoms with Gasteiger partial charge in [-0.2, -0.15) is 11.8 Å². The molecule has 0 radical (unpaired) electrons. The molecule has 0 bridgehead atoms. The molecule has 100 valence electrons. The zero-order valence-electron chi connectivity index (χ0n) is 11.2. The van der Waals surface area contributed by atoms with Gasteiger partial charge in [0.2, 0.25) is 0 Å². The van der Waals surface area contributed by atoms with Gasteiger partial charge in [0.15, 0.2) is 11.0 Å². The van der Waals surface area contributed by atoms with Gasteiger partial charge in [-0.15, -0.1) is 0 Å². The minimum absolute atomic E-state index is 0.489. The molecule has 1 heterocycles. The second kappa shape index (κ2) is 6.11. The smallest absolute Gasteiger partial charge is 0.171 e. The van der Waals surface area contributed by atoms with Gasteiger partial charge in [0.1, 0.15) is 0 Å². The number of hydrogen-bond acceptors (Lipinski definition) is 4. The third-order valence-corrected chi connectivity index (χ3v) is 4.89. The molecule has 0 aromatic carbocycles. The molecule has 0 aliphatic heterocycles. The molecule has 1 N–H and O–H groups in total. The second-order valence-electron chi connectivity index (χ2n) is 4.77. The molecule has 1 fully saturated rings. The normalized spacial score (nSPS) is 23.3. The quantitative estimate of drug-likeness (QED) is 0.912. The predicted octanol–water partition coefficient (Wildman–Crippen LogP) is 3.83. The minimum atomic E-state index is 0.489. The highest BCUT2D eigenvalue weighted by Crippen LogP contribution is 2.32. The van der Waals surface area contributed by atoms with Gasteiger partial charge >= 0.3 is 0 Å². The fraction of sp³-hybridized carbons (Fsp3) is 0.692. The molecule has 1 aromatic heterocycles. The summed E-state index contributed by atoms with van der Waals surface area (Å²) in [7, 11) is 0. The first kappa shape index (κ1) is 13.9. The van der Waals surface area contributed by atoms with Crippen LogP contribution in [0.25, 0.3) is 0 Å². The SMILES string of the molecule is CCSC1CCC(Nc2nc(C)c(C)nc2Cl)C1. The van der Waals surface area contributed by atoms with Gasteiger partial charge < -0.3 is 5.32 Å². The van der Waals surface area contributed by atoms with Gasteiger partial charge in [-0.25, -0.2) is 9.97 Å². The topological polar surface area (TPSA) is 37.8 Å². The Morgan fingerprint density at radius 1 is 1.28 bits per heavy atom. The van der Waals surface area contributed by atoms with Crippen LogP contribution in [0.5, 0.6) is 0 Å². The number of rotatable bonds is 4. The molecule has 2 rings (SSSR count). The van der Waals surface area contributed by atoms with Crippen molar-refractivity contribution >= 4 is 29.2 Å². The lowest BCUT2D eigenvalue weighted by Crippen LogP contribution is -2.18. The zero-order chi connectivity index (χ0) is 13.1. The van der Waals surface area contributed by atoms with Crippen molar-refractivity contribution in [1.29, 1.82) is 0 Å². The highest BCUT2D eigenvalue weighted by molar-refractivity contribution is 7.99. The summed E-state index contributed by atoms with van der Waals surface area (Å²) in [5.41, 5.74) is 1.84. The van der Waals surface area contributed by atoms with E-state index in [2.05, 4.69) is 34.0 Å². The van der Waals surface area contributed by atoms with E-state index in [9.17, 15) is 0 Å². The van der Waals surface area contributed by atoms with E-state index < -0.39 is 0 Å². The number of aromatic nitrogens is 2. The number of aryl methyl sites for hydroxylation is 2. The molecular weight excluding hydrogens is 266 g/mol. The first-order valence-electron chi connectivity index (χ1n) is 6.49. The molecule has 1 aromatic rings. The van der Waals surface area contributed by atoms with Crippen LogP contribution in [0, 0.1) is 13.8 Å². The minimum Gasteiger partial charge on any atom is -0.365 e. The fourth-order valence-corrected chi connectivity index (χ4v) is 3.69. The Morgan fingerprint density at radius 2 is 2.00 bits per heavy atom. The van der Waals surface area contributed by atoms with Crippen LogP contribution in [0.3, 0.4) is 0 Å². The molecule has 0 amide bonds. The van der Waals surface area contributed by atoms with Gasteiger partial charge in [-0.1, -0.05) is 18.5 Å². The first-order valence-corrected chi connectivity index (χ1v) is 7.91. The Balaban J connectivity index is 2.00. The predicted molar refractivity (Wildman–Crippen MR) is 79.7 cm³/mol. The van der Waals surface area contributed by atoms with Crippen molar-refractivity contribution in [2.24, 2.45) is 0 Å². The number of hydrogen-bond donors (Lipinski definition) is 1. The molecule has 3 nitrogen and oxygen atoms in total. The van der Waals surface area contributed by atoms with Gasteiger partial charge in [0, 0.05) is 11.3 Å². The van der Waals surface area contributed by atoms with Gasteiger partial charge in [-0.05, 0) is 38.9 Å². The van der Waals surface area contributed by atoms with Crippen molar-refractivity contribution < 1.29 is 0 Å². The van der Waals surface area contributed by atoms with E-state index in [0.717, 1.165) is 22.5 Å². The Kier molecular flexibility index (Phi) is 4.73. The number of nitrogens with zero attached hydrogens (tertiary/aromatic N) is 2. The lowest BCUT2D eigenvalue weighted by Gasteiger charge is -2.15. The van der Waals surface area contributed by atoms with E-state index in [1.54, 1.807) is 0 Å². The van der Waals surface area contributed by atoms with Gasteiger partial charge in [0.05, 0.1) is 11.4 Å². The summed E-state index contributed by atoms with van der Waals surface area (Å²) in [5, 5.41) is 4.72. The van der Waals surface area contributed by atoms with E-state index in [1.807, 2.05) is 13.8 Å². The average Bonchev–Trinajstić information content (AvgIpc) is 2.74. The third kappa shape index (κ3) is 3.29. The Labute approximate surface area is 118 Å². The largest absolute Gasteiger partial charge is 0.365 e. The number of halogens is 1. The maximum atomic E-state index is 6.14. The Hall–Kier alpha value is -0.480. The summed E-state index contributed by atoms with van der Waals surface area (Å²) in [6.07, 6.45) is 3.68. The van der Waals surface area contributed by atoms with E-state index in [1.165, 1.54) is 25.0 Å². The summed E-state index contributed by atoms with van der Waals surface area (Å²) in [6.45, 7) is 6.12. The van der Waals surface area contributed by atoms with Gasteiger partial charge in [-0.3, -0.25) is 0 Å². The molecular formula is C13H20ClN3S. The maximum absolute atomic E-state index is 6.14. The van der Waals surface area contributed by atoms with E-state index >= 15 is 0 Å². The highest BCUT2D eigenvalue weighted by Gasteiger charge is 2.25.